The summed E-state index contributed by atoms with van der Waals surface area (Å²) in [7, 11) is 0. The largest absolute Gasteiger partial charge is 0.373 e. The van der Waals surface area contributed by atoms with Gasteiger partial charge in [-0.05, 0) is 30.5 Å². The van der Waals surface area contributed by atoms with Crippen molar-refractivity contribution in [3.05, 3.63) is 35.6 Å². The van der Waals surface area contributed by atoms with E-state index in [0.29, 0.717) is 12.3 Å². The Labute approximate surface area is 94.2 Å². The van der Waals surface area contributed by atoms with Gasteiger partial charge in [0, 0.05) is 13.0 Å². The number of halogens is 2. The Kier molecular flexibility index (Phi) is 3.27. The first kappa shape index (κ1) is 10.9. The van der Waals surface area contributed by atoms with E-state index in [-0.39, 0.29) is 11.4 Å². The standard InChI is InChI=1S/C12H14ClFO/c13-9-12(5-2-6-15-12)8-10-3-1-4-11(14)7-10/h1,3-4,7H,2,5-6,8-9H2. The molecule has 1 fully saturated rings. The molecule has 0 radical (unpaired) electrons. The normalized spacial score (nSPS) is 25.7. The minimum Gasteiger partial charge on any atom is -0.373 e. The minimum absolute atomic E-state index is 0.199. The third-order valence-electron chi connectivity index (χ3n) is 2.84. The van der Waals surface area contributed by atoms with E-state index in [0.717, 1.165) is 25.0 Å². The topological polar surface area (TPSA) is 9.23 Å². The molecule has 2 rings (SSSR count). The van der Waals surface area contributed by atoms with Crippen LogP contribution in [-0.4, -0.2) is 18.1 Å². The third kappa shape index (κ3) is 2.50. The van der Waals surface area contributed by atoms with Crippen molar-refractivity contribution in [2.75, 3.05) is 12.5 Å². The van der Waals surface area contributed by atoms with Crippen molar-refractivity contribution in [3.8, 4) is 0 Å². The van der Waals surface area contributed by atoms with Crippen LogP contribution in [0, 0.1) is 5.82 Å². The Morgan fingerprint density at radius 3 is 2.93 bits per heavy atom. The van der Waals surface area contributed by atoms with Crippen LogP contribution >= 0.6 is 11.6 Å². The highest BCUT2D eigenvalue weighted by Crippen LogP contribution is 2.30. The Hall–Kier alpha value is -0.600. The van der Waals surface area contributed by atoms with Gasteiger partial charge in [0.1, 0.15) is 5.82 Å². The van der Waals surface area contributed by atoms with Crippen LogP contribution in [-0.2, 0) is 11.2 Å². The molecule has 1 aliphatic rings. The monoisotopic (exact) mass is 228 g/mol. The molecule has 0 N–H and O–H groups in total. The molecule has 0 bridgehead atoms. The van der Waals surface area contributed by atoms with Gasteiger partial charge >= 0.3 is 0 Å². The van der Waals surface area contributed by atoms with Gasteiger partial charge in [0.05, 0.1) is 11.5 Å². The Balaban J connectivity index is 2.12. The molecule has 1 aromatic carbocycles. The highest BCUT2D eigenvalue weighted by Gasteiger charge is 2.34. The Morgan fingerprint density at radius 1 is 1.47 bits per heavy atom. The summed E-state index contributed by atoms with van der Waals surface area (Å²) in [6, 6.07) is 6.64. The summed E-state index contributed by atoms with van der Waals surface area (Å²) in [5, 5.41) is 0. The average Bonchev–Trinajstić information content (AvgIpc) is 2.67. The van der Waals surface area contributed by atoms with Gasteiger partial charge in [0.25, 0.3) is 0 Å². The molecule has 1 atom stereocenters. The summed E-state index contributed by atoms with van der Waals surface area (Å²) in [6.45, 7) is 0.766. The van der Waals surface area contributed by atoms with Gasteiger partial charge in [-0.1, -0.05) is 12.1 Å². The number of rotatable bonds is 3. The molecule has 15 heavy (non-hydrogen) atoms. The van der Waals surface area contributed by atoms with Crippen LogP contribution in [0.4, 0.5) is 4.39 Å². The van der Waals surface area contributed by atoms with Crippen LogP contribution in [0.1, 0.15) is 18.4 Å². The first-order valence-corrected chi connectivity index (χ1v) is 5.72. The molecule has 1 nitrogen and oxygen atoms in total. The molecule has 0 saturated carbocycles. The number of ether oxygens (including phenoxy) is 1. The van der Waals surface area contributed by atoms with E-state index >= 15 is 0 Å². The van der Waals surface area contributed by atoms with Crippen molar-refractivity contribution in [3.63, 3.8) is 0 Å². The number of hydrogen-bond donors (Lipinski definition) is 0. The van der Waals surface area contributed by atoms with Crippen molar-refractivity contribution in [2.45, 2.75) is 24.9 Å². The van der Waals surface area contributed by atoms with E-state index in [2.05, 4.69) is 0 Å². The SMILES string of the molecule is Fc1cccc(CC2(CCl)CCCO2)c1. The second-order valence-electron chi connectivity index (χ2n) is 4.08. The van der Waals surface area contributed by atoms with Gasteiger partial charge in [-0.15, -0.1) is 11.6 Å². The summed E-state index contributed by atoms with van der Waals surface area (Å²) >= 11 is 5.94. The van der Waals surface area contributed by atoms with E-state index in [1.54, 1.807) is 12.1 Å². The van der Waals surface area contributed by atoms with Gasteiger partial charge in [-0.3, -0.25) is 0 Å². The molecule has 0 aromatic heterocycles. The molecule has 82 valence electrons. The number of alkyl halides is 1. The fourth-order valence-electron chi connectivity index (χ4n) is 2.07. The second-order valence-corrected chi connectivity index (χ2v) is 4.34. The summed E-state index contributed by atoms with van der Waals surface area (Å²) in [6.07, 6.45) is 2.71. The maximum absolute atomic E-state index is 13.0. The van der Waals surface area contributed by atoms with Gasteiger partial charge in [-0.25, -0.2) is 4.39 Å². The molecule has 1 aromatic rings. The molecular weight excluding hydrogens is 215 g/mol. The molecule has 1 unspecified atom stereocenters. The molecule has 3 heteroatoms. The van der Waals surface area contributed by atoms with E-state index in [9.17, 15) is 4.39 Å². The maximum atomic E-state index is 13.0. The summed E-state index contributed by atoms with van der Waals surface area (Å²) in [5.41, 5.74) is 0.688. The first-order valence-electron chi connectivity index (χ1n) is 5.18. The van der Waals surface area contributed by atoms with Gasteiger partial charge < -0.3 is 4.74 Å². The lowest BCUT2D eigenvalue weighted by atomic mass is 9.93. The van der Waals surface area contributed by atoms with Crippen LogP contribution in [0.3, 0.4) is 0 Å². The zero-order valence-corrected chi connectivity index (χ0v) is 9.27. The predicted octanol–water partition coefficient (Wildman–Crippen LogP) is 3.16. The summed E-state index contributed by atoms with van der Waals surface area (Å²) in [5.74, 6) is 0.277. The number of benzene rings is 1. The minimum atomic E-state index is -0.269. The van der Waals surface area contributed by atoms with Crippen molar-refractivity contribution in [2.24, 2.45) is 0 Å². The quantitative estimate of drug-likeness (QED) is 0.723. The number of hydrogen-bond acceptors (Lipinski definition) is 1. The lowest BCUT2D eigenvalue weighted by Gasteiger charge is -2.25. The highest BCUT2D eigenvalue weighted by atomic mass is 35.5. The lowest BCUT2D eigenvalue weighted by molar-refractivity contribution is 0.0237. The van der Waals surface area contributed by atoms with Crippen LogP contribution < -0.4 is 0 Å². The average molecular weight is 229 g/mol. The second kappa shape index (κ2) is 4.50. The van der Waals surface area contributed by atoms with Gasteiger partial charge in [0.15, 0.2) is 0 Å². The van der Waals surface area contributed by atoms with Gasteiger partial charge in [0.2, 0.25) is 0 Å². The summed E-state index contributed by atoms with van der Waals surface area (Å²) in [4.78, 5) is 0. The van der Waals surface area contributed by atoms with E-state index in [1.807, 2.05) is 6.07 Å². The molecular formula is C12H14ClFO. The molecule has 1 aliphatic heterocycles. The van der Waals surface area contributed by atoms with Crippen molar-refractivity contribution >= 4 is 11.6 Å². The fraction of sp³-hybridized carbons (Fsp3) is 0.500. The van der Waals surface area contributed by atoms with Crippen molar-refractivity contribution in [1.29, 1.82) is 0 Å². The zero-order valence-electron chi connectivity index (χ0n) is 8.51. The molecule has 1 saturated heterocycles. The molecule has 0 amide bonds. The Bertz CT molecular complexity index is 334. The van der Waals surface area contributed by atoms with Crippen LogP contribution in [0.2, 0.25) is 0 Å². The first-order chi connectivity index (χ1) is 7.24. The third-order valence-corrected chi connectivity index (χ3v) is 3.33. The lowest BCUT2D eigenvalue weighted by Crippen LogP contribution is -2.32. The zero-order chi connectivity index (χ0) is 10.7. The molecule has 0 aliphatic carbocycles. The van der Waals surface area contributed by atoms with Crippen LogP contribution in [0.15, 0.2) is 24.3 Å². The van der Waals surface area contributed by atoms with E-state index in [4.69, 9.17) is 16.3 Å². The summed E-state index contributed by atoms with van der Waals surface area (Å²) < 4.78 is 18.7. The fourth-order valence-corrected chi connectivity index (χ4v) is 2.37. The smallest absolute Gasteiger partial charge is 0.123 e. The van der Waals surface area contributed by atoms with Crippen molar-refractivity contribution < 1.29 is 9.13 Å². The molecule has 0 spiro atoms. The highest BCUT2D eigenvalue weighted by molar-refractivity contribution is 6.18. The van der Waals surface area contributed by atoms with Gasteiger partial charge in [-0.2, -0.15) is 0 Å². The van der Waals surface area contributed by atoms with E-state index < -0.39 is 0 Å². The molecule has 1 heterocycles. The van der Waals surface area contributed by atoms with Crippen LogP contribution in [0.5, 0.6) is 0 Å². The van der Waals surface area contributed by atoms with E-state index in [1.165, 1.54) is 6.07 Å². The van der Waals surface area contributed by atoms with Crippen molar-refractivity contribution in [1.82, 2.24) is 0 Å². The Morgan fingerprint density at radius 2 is 2.33 bits per heavy atom. The predicted molar refractivity (Wildman–Crippen MR) is 58.7 cm³/mol. The van der Waals surface area contributed by atoms with Crippen LogP contribution in [0.25, 0.3) is 0 Å². The maximum Gasteiger partial charge on any atom is 0.123 e.